The zero-order valence-corrected chi connectivity index (χ0v) is 34.4. The monoisotopic (exact) mass is 789 g/mol. The molecule has 0 fully saturated rings. The Morgan fingerprint density at radius 2 is 0.919 bits per heavy atom. The van der Waals surface area contributed by atoms with E-state index in [1.54, 1.807) is 0 Å². The second-order valence-electron chi connectivity index (χ2n) is 17.9. The molecular weight excluding hydrogens is 751 g/mol. The lowest BCUT2D eigenvalue weighted by atomic mass is 9.72. The van der Waals surface area contributed by atoms with Crippen molar-refractivity contribution in [3.63, 3.8) is 0 Å². The van der Waals surface area contributed by atoms with E-state index in [1.165, 1.54) is 99.8 Å². The summed E-state index contributed by atoms with van der Waals surface area (Å²) < 4.78 is 4.83. The number of para-hydroxylation sites is 4. The lowest BCUT2D eigenvalue weighted by Crippen LogP contribution is -2.27. The van der Waals surface area contributed by atoms with Gasteiger partial charge in [0.1, 0.15) is 11.2 Å². The van der Waals surface area contributed by atoms with Crippen molar-refractivity contribution < 1.29 is 0 Å². The summed E-state index contributed by atoms with van der Waals surface area (Å²) in [5.41, 5.74) is 23.2. The Morgan fingerprint density at radius 3 is 1.74 bits per heavy atom. The summed E-state index contributed by atoms with van der Waals surface area (Å²) in [6.07, 6.45) is 0. The van der Waals surface area contributed by atoms with E-state index >= 15 is 0 Å². The third-order valence-electron chi connectivity index (χ3n) is 14.5. The van der Waals surface area contributed by atoms with Crippen LogP contribution in [0.2, 0.25) is 0 Å². The SMILES string of the molecule is CC1(C)c2ccccc2-c2ccc(-c3ccc(-n4c5ccccc5c5cc(-c6ccc7c(c6)C6(c8ccccc8-7)c7ccccc7-n7c6nc6ccccc67)ccc54)cc3)cc21. The first kappa shape index (κ1) is 34.0. The molecule has 0 amide bonds. The molecule has 3 heteroatoms. The molecule has 9 aromatic carbocycles. The summed E-state index contributed by atoms with van der Waals surface area (Å²) in [5.74, 6) is 1.07. The molecule has 11 aromatic rings. The van der Waals surface area contributed by atoms with Crippen LogP contribution in [0, 0.1) is 0 Å². The van der Waals surface area contributed by atoms with Crippen LogP contribution in [0.5, 0.6) is 0 Å². The first-order chi connectivity index (χ1) is 30.5. The molecule has 1 aliphatic heterocycles. The third-order valence-corrected chi connectivity index (χ3v) is 14.5. The van der Waals surface area contributed by atoms with Crippen LogP contribution in [0.25, 0.3) is 88.7 Å². The highest BCUT2D eigenvalue weighted by Crippen LogP contribution is 2.61. The molecule has 2 aliphatic carbocycles. The Balaban J connectivity index is 0.897. The Labute approximate surface area is 359 Å². The first-order valence-electron chi connectivity index (χ1n) is 21.7. The van der Waals surface area contributed by atoms with Gasteiger partial charge in [0, 0.05) is 21.9 Å². The standard InChI is InChI=1S/C59H39N3/c1-58(2)47-16-6-3-13-41(47)43-30-25-38(34-50(43)58)36-23-28-40(29-24-36)61-53-20-10-5-15-45(53)46-33-37(27-32-54(46)61)39-26-31-44-42-14-4-7-17-48(42)59(51(44)35-39)49-18-8-11-21-55(49)62-56-22-12-9-19-52(56)60-57(59)62/h3-35H,1-2H3. The zero-order valence-electron chi connectivity index (χ0n) is 34.4. The fourth-order valence-electron chi connectivity index (χ4n) is 11.7. The van der Waals surface area contributed by atoms with E-state index in [9.17, 15) is 0 Å². The summed E-state index contributed by atoms with van der Waals surface area (Å²) in [7, 11) is 0. The number of benzene rings is 9. The molecule has 1 spiro atoms. The highest BCUT2D eigenvalue weighted by Gasteiger charge is 2.54. The topological polar surface area (TPSA) is 22.8 Å². The molecule has 14 rings (SSSR count). The highest BCUT2D eigenvalue weighted by atomic mass is 15.1. The maximum absolute atomic E-state index is 5.46. The number of aromatic nitrogens is 3. The summed E-state index contributed by atoms with van der Waals surface area (Å²) in [4.78, 5) is 5.46. The Hall–Kier alpha value is -7.75. The molecule has 62 heavy (non-hydrogen) atoms. The van der Waals surface area contributed by atoms with Crippen LogP contribution >= 0.6 is 0 Å². The smallest absolute Gasteiger partial charge is 0.134 e. The fraction of sp³-hybridized carbons (Fsp3) is 0.0678. The molecule has 3 nitrogen and oxygen atoms in total. The molecule has 2 aromatic heterocycles. The highest BCUT2D eigenvalue weighted by molar-refractivity contribution is 6.10. The van der Waals surface area contributed by atoms with Crippen molar-refractivity contribution in [1.29, 1.82) is 0 Å². The first-order valence-corrected chi connectivity index (χ1v) is 21.7. The summed E-state index contributed by atoms with van der Waals surface area (Å²) in [6, 6.07) is 74.5. The van der Waals surface area contributed by atoms with Crippen LogP contribution in [-0.4, -0.2) is 14.1 Å². The number of rotatable bonds is 3. The van der Waals surface area contributed by atoms with E-state index in [-0.39, 0.29) is 5.41 Å². The second-order valence-corrected chi connectivity index (χ2v) is 17.9. The van der Waals surface area contributed by atoms with Gasteiger partial charge in [-0.15, -0.1) is 0 Å². The van der Waals surface area contributed by atoms with Crippen LogP contribution in [0.3, 0.4) is 0 Å². The average molecular weight is 790 g/mol. The largest absolute Gasteiger partial charge is 0.309 e. The van der Waals surface area contributed by atoms with E-state index in [1.807, 2.05) is 0 Å². The van der Waals surface area contributed by atoms with Crippen molar-refractivity contribution in [3.05, 3.63) is 234 Å². The van der Waals surface area contributed by atoms with Gasteiger partial charge in [0.05, 0.1) is 27.8 Å². The quantitative estimate of drug-likeness (QED) is 0.175. The number of hydrogen-bond donors (Lipinski definition) is 0. The van der Waals surface area contributed by atoms with E-state index in [2.05, 4.69) is 223 Å². The van der Waals surface area contributed by atoms with Gasteiger partial charge in [-0.3, -0.25) is 4.57 Å². The van der Waals surface area contributed by atoms with E-state index in [4.69, 9.17) is 4.98 Å². The van der Waals surface area contributed by atoms with E-state index < -0.39 is 5.41 Å². The third kappa shape index (κ3) is 4.22. The lowest BCUT2D eigenvalue weighted by molar-refractivity contribution is 0.660. The Bertz CT molecular complexity index is 3730. The molecule has 3 heterocycles. The van der Waals surface area contributed by atoms with Crippen molar-refractivity contribution in [2.75, 3.05) is 0 Å². The van der Waals surface area contributed by atoms with Crippen LogP contribution < -0.4 is 0 Å². The number of nitrogens with zero attached hydrogens (tertiary/aromatic N) is 3. The summed E-state index contributed by atoms with van der Waals surface area (Å²) >= 11 is 0. The average Bonchev–Trinajstić information content (AvgIpc) is 4.08. The van der Waals surface area contributed by atoms with Crippen molar-refractivity contribution in [1.82, 2.24) is 14.1 Å². The normalized spacial score (nSPS) is 16.1. The number of fused-ring (bicyclic) bond motifs is 18. The van der Waals surface area contributed by atoms with Gasteiger partial charge in [0.2, 0.25) is 0 Å². The van der Waals surface area contributed by atoms with Gasteiger partial charge >= 0.3 is 0 Å². The maximum atomic E-state index is 5.46. The minimum Gasteiger partial charge on any atom is -0.309 e. The molecule has 0 radical (unpaired) electrons. The van der Waals surface area contributed by atoms with Gasteiger partial charge < -0.3 is 4.57 Å². The molecule has 1 atom stereocenters. The van der Waals surface area contributed by atoms with Crippen LogP contribution in [0.1, 0.15) is 47.5 Å². The number of imidazole rings is 1. The molecule has 290 valence electrons. The molecule has 0 N–H and O–H groups in total. The molecule has 1 unspecified atom stereocenters. The van der Waals surface area contributed by atoms with Crippen LogP contribution in [0.15, 0.2) is 200 Å². The van der Waals surface area contributed by atoms with Crippen molar-refractivity contribution in [2.45, 2.75) is 24.7 Å². The predicted octanol–water partition coefficient (Wildman–Crippen LogP) is 14.4. The van der Waals surface area contributed by atoms with Crippen molar-refractivity contribution in [3.8, 4) is 55.9 Å². The zero-order chi connectivity index (χ0) is 40.9. The van der Waals surface area contributed by atoms with Gasteiger partial charge in [-0.1, -0.05) is 153 Å². The van der Waals surface area contributed by atoms with E-state index in [0.717, 1.165) is 22.5 Å². The molecule has 0 saturated heterocycles. The van der Waals surface area contributed by atoms with Gasteiger partial charge in [-0.25, -0.2) is 4.98 Å². The fourth-order valence-corrected chi connectivity index (χ4v) is 11.7. The lowest BCUT2D eigenvalue weighted by Gasteiger charge is -2.27. The van der Waals surface area contributed by atoms with Crippen molar-refractivity contribution >= 4 is 32.8 Å². The predicted molar refractivity (Wildman–Crippen MR) is 255 cm³/mol. The number of hydrogen-bond acceptors (Lipinski definition) is 1. The van der Waals surface area contributed by atoms with Gasteiger partial charge in [0.25, 0.3) is 0 Å². The second kappa shape index (κ2) is 12.0. The van der Waals surface area contributed by atoms with Gasteiger partial charge in [-0.05, 0) is 133 Å². The molecule has 0 saturated carbocycles. The summed E-state index contributed by atoms with van der Waals surface area (Å²) in [6.45, 7) is 4.70. The van der Waals surface area contributed by atoms with Crippen molar-refractivity contribution in [2.24, 2.45) is 0 Å². The summed E-state index contributed by atoms with van der Waals surface area (Å²) in [5, 5.41) is 2.49. The molecule has 0 bridgehead atoms. The van der Waals surface area contributed by atoms with Crippen LogP contribution in [-0.2, 0) is 10.8 Å². The van der Waals surface area contributed by atoms with Gasteiger partial charge in [0.15, 0.2) is 0 Å². The van der Waals surface area contributed by atoms with E-state index in [0.29, 0.717) is 0 Å². The van der Waals surface area contributed by atoms with Crippen LogP contribution in [0.4, 0.5) is 0 Å². The minimum atomic E-state index is -0.537. The molecule has 3 aliphatic rings. The Morgan fingerprint density at radius 1 is 0.371 bits per heavy atom. The Kier molecular flexibility index (Phi) is 6.56. The van der Waals surface area contributed by atoms with Gasteiger partial charge in [-0.2, -0.15) is 0 Å². The molecular formula is C59H39N3. The maximum Gasteiger partial charge on any atom is 0.134 e. The minimum absolute atomic E-state index is 0.0314.